The summed E-state index contributed by atoms with van der Waals surface area (Å²) in [4.78, 5) is 2.17. The maximum Gasteiger partial charge on any atom is 0.127 e. The van der Waals surface area contributed by atoms with Crippen molar-refractivity contribution >= 4 is 0 Å². The fraction of sp³-hybridized carbons (Fsp3) is 0.647. The van der Waals surface area contributed by atoms with Gasteiger partial charge >= 0.3 is 0 Å². The largest absolute Gasteiger partial charge is 0.497 e. The highest BCUT2D eigenvalue weighted by Gasteiger charge is 2.06. The van der Waals surface area contributed by atoms with Gasteiger partial charge in [-0.15, -0.1) is 0 Å². The fourth-order valence-corrected chi connectivity index (χ4v) is 2.00. The summed E-state index contributed by atoms with van der Waals surface area (Å²) in [6, 6.07) is 6.04. The molecule has 0 unspecified atom stereocenters. The Hall–Kier alpha value is -1.26. The molecule has 4 heteroatoms. The highest BCUT2D eigenvalue weighted by molar-refractivity contribution is 5.40. The molecule has 4 nitrogen and oxygen atoms in total. The number of hydrogen-bond acceptors (Lipinski definition) is 4. The molecular weight excluding hydrogens is 264 g/mol. The molecule has 0 spiro atoms. The number of hydrogen-bond donors (Lipinski definition) is 1. The van der Waals surface area contributed by atoms with Crippen LogP contribution in [0.25, 0.3) is 0 Å². The molecule has 0 aliphatic heterocycles. The van der Waals surface area contributed by atoms with E-state index in [9.17, 15) is 0 Å². The van der Waals surface area contributed by atoms with E-state index in [1.807, 2.05) is 12.1 Å². The second kappa shape index (κ2) is 9.64. The van der Waals surface area contributed by atoms with E-state index >= 15 is 0 Å². The first-order valence-corrected chi connectivity index (χ1v) is 7.68. The van der Waals surface area contributed by atoms with Gasteiger partial charge in [0, 0.05) is 24.7 Å². The molecule has 0 bridgehead atoms. The third-order valence-corrected chi connectivity index (χ3v) is 3.15. The molecule has 0 amide bonds. The Morgan fingerprint density at radius 1 is 1.24 bits per heavy atom. The van der Waals surface area contributed by atoms with E-state index < -0.39 is 0 Å². The van der Waals surface area contributed by atoms with Crippen molar-refractivity contribution < 1.29 is 9.47 Å². The molecule has 1 rings (SSSR count). The van der Waals surface area contributed by atoms with Gasteiger partial charge in [-0.1, -0.05) is 19.9 Å². The molecule has 0 aliphatic carbocycles. The Morgan fingerprint density at radius 3 is 2.62 bits per heavy atom. The molecule has 0 heterocycles. The van der Waals surface area contributed by atoms with Crippen molar-refractivity contribution in [2.45, 2.75) is 26.8 Å². The van der Waals surface area contributed by atoms with Gasteiger partial charge in [0.05, 0.1) is 13.7 Å². The molecule has 21 heavy (non-hydrogen) atoms. The van der Waals surface area contributed by atoms with Gasteiger partial charge < -0.3 is 19.7 Å². The summed E-state index contributed by atoms with van der Waals surface area (Å²) in [6.07, 6.45) is 1.02. The number of nitrogens with zero attached hydrogens (tertiary/aromatic N) is 1. The Morgan fingerprint density at radius 2 is 2.00 bits per heavy atom. The van der Waals surface area contributed by atoms with Crippen molar-refractivity contribution in [1.29, 1.82) is 0 Å². The summed E-state index contributed by atoms with van der Waals surface area (Å²) in [5.74, 6) is 2.40. The standard InChI is InChI=1S/C17H30N2O2/c1-14(2)12-18-13-15-7-8-16(20-5)11-17(15)21-10-6-9-19(3)4/h7-8,11,14,18H,6,9-10,12-13H2,1-5H3. The highest BCUT2D eigenvalue weighted by atomic mass is 16.5. The van der Waals surface area contributed by atoms with Crippen molar-refractivity contribution in [3.05, 3.63) is 23.8 Å². The second-order valence-corrected chi connectivity index (χ2v) is 6.00. The SMILES string of the molecule is COc1ccc(CNCC(C)C)c(OCCCN(C)C)c1. The van der Waals surface area contributed by atoms with E-state index in [-0.39, 0.29) is 0 Å². The Kier molecular flexibility index (Phi) is 8.16. The van der Waals surface area contributed by atoms with Gasteiger partial charge in [0.1, 0.15) is 11.5 Å². The molecular formula is C17H30N2O2. The van der Waals surface area contributed by atoms with E-state index in [0.717, 1.165) is 44.2 Å². The summed E-state index contributed by atoms with van der Waals surface area (Å²) < 4.78 is 11.2. The van der Waals surface area contributed by atoms with E-state index in [1.54, 1.807) is 7.11 Å². The molecule has 1 N–H and O–H groups in total. The van der Waals surface area contributed by atoms with Gasteiger partial charge in [-0.05, 0) is 39.0 Å². The maximum absolute atomic E-state index is 5.94. The average Bonchev–Trinajstić information content (AvgIpc) is 2.44. The molecule has 0 atom stereocenters. The van der Waals surface area contributed by atoms with Crippen molar-refractivity contribution in [2.75, 3.05) is 40.9 Å². The van der Waals surface area contributed by atoms with Gasteiger partial charge in [0.25, 0.3) is 0 Å². The third kappa shape index (κ3) is 7.34. The first kappa shape index (κ1) is 17.8. The topological polar surface area (TPSA) is 33.7 Å². The van der Waals surface area contributed by atoms with E-state index in [1.165, 1.54) is 5.56 Å². The lowest BCUT2D eigenvalue weighted by Gasteiger charge is -2.15. The summed E-state index contributed by atoms with van der Waals surface area (Å²) >= 11 is 0. The third-order valence-electron chi connectivity index (χ3n) is 3.15. The summed E-state index contributed by atoms with van der Waals surface area (Å²) in [5.41, 5.74) is 1.18. The van der Waals surface area contributed by atoms with Gasteiger partial charge in [-0.2, -0.15) is 0 Å². The van der Waals surface area contributed by atoms with Crippen LogP contribution in [0.15, 0.2) is 18.2 Å². The molecule has 0 radical (unpaired) electrons. The Bertz CT molecular complexity index is 406. The maximum atomic E-state index is 5.94. The van der Waals surface area contributed by atoms with Gasteiger partial charge in [0.2, 0.25) is 0 Å². The minimum absolute atomic E-state index is 0.646. The molecule has 0 aliphatic rings. The Balaban J connectivity index is 2.59. The lowest BCUT2D eigenvalue weighted by atomic mass is 10.1. The van der Waals surface area contributed by atoms with Crippen LogP contribution in [0.1, 0.15) is 25.8 Å². The highest BCUT2D eigenvalue weighted by Crippen LogP contribution is 2.25. The van der Waals surface area contributed by atoms with E-state index in [4.69, 9.17) is 9.47 Å². The van der Waals surface area contributed by atoms with Crippen LogP contribution in [0.3, 0.4) is 0 Å². The van der Waals surface area contributed by atoms with Crippen LogP contribution >= 0.6 is 0 Å². The van der Waals surface area contributed by atoms with E-state index in [0.29, 0.717) is 5.92 Å². The first-order valence-electron chi connectivity index (χ1n) is 7.68. The second-order valence-electron chi connectivity index (χ2n) is 6.00. The zero-order valence-electron chi connectivity index (χ0n) is 14.1. The predicted molar refractivity (Wildman–Crippen MR) is 88.2 cm³/mol. The van der Waals surface area contributed by atoms with Crippen LogP contribution in [-0.4, -0.2) is 45.8 Å². The van der Waals surface area contributed by atoms with Crippen LogP contribution in [0, 0.1) is 5.92 Å². The summed E-state index contributed by atoms with van der Waals surface area (Å²) in [5, 5.41) is 3.46. The molecule has 0 saturated carbocycles. The van der Waals surface area contributed by atoms with Crippen molar-refractivity contribution in [3.63, 3.8) is 0 Å². The zero-order valence-corrected chi connectivity index (χ0v) is 14.1. The van der Waals surface area contributed by atoms with Gasteiger partial charge in [0.15, 0.2) is 0 Å². The number of ether oxygens (including phenoxy) is 2. The van der Waals surface area contributed by atoms with Gasteiger partial charge in [-0.25, -0.2) is 0 Å². The Labute approximate surface area is 129 Å². The number of methoxy groups -OCH3 is 1. The monoisotopic (exact) mass is 294 g/mol. The molecule has 120 valence electrons. The molecule has 1 aromatic rings. The summed E-state index contributed by atoms with van der Waals surface area (Å²) in [6.45, 7) is 8.00. The first-order chi connectivity index (χ1) is 10.0. The lowest BCUT2D eigenvalue weighted by molar-refractivity contribution is 0.277. The number of nitrogens with one attached hydrogen (secondary N) is 1. The fourth-order valence-electron chi connectivity index (χ4n) is 2.00. The van der Waals surface area contributed by atoms with Crippen LogP contribution in [-0.2, 0) is 6.54 Å². The normalized spacial score (nSPS) is 11.2. The average molecular weight is 294 g/mol. The number of rotatable bonds is 10. The smallest absolute Gasteiger partial charge is 0.127 e. The molecule has 0 aromatic heterocycles. The molecule has 0 fully saturated rings. The minimum Gasteiger partial charge on any atom is -0.497 e. The van der Waals surface area contributed by atoms with Crippen molar-refractivity contribution in [2.24, 2.45) is 5.92 Å². The van der Waals surface area contributed by atoms with Crippen LogP contribution < -0.4 is 14.8 Å². The van der Waals surface area contributed by atoms with Gasteiger partial charge in [-0.3, -0.25) is 0 Å². The minimum atomic E-state index is 0.646. The molecule has 1 aromatic carbocycles. The summed E-state index contributed by atoms with van der Waals surface area (Å²) in [7, 11) is 5.83. The predicted octanol–water partition coefficient (Wildman–Crippen LogP) is 2.77. The van der Waals surface area contributed by atoms with Crippen molar-refractivity contribution in [3.8, 4) is 11.5 Å². The van der Waals surface area contributed by atoms with Crippen LogP contribution in [0.2, 0.25) is 0 Å². The zero-order chi connectivity index (χ0) is 15.7. The van der Waals surface area contributed by atoms with E-state index in [2.05, 4.69) is 44.2 Å². The van der Waals surface area contributed by atoms with Crippen molar-refractivity contribution in [1.82, 2.24) is 10.2 Å². The quantitative estimate of drug-likeness (QED) is 0.673. The lowest BCUT2D eigenvalue weighted by Crippen LogP contribution is -2.20. The molecule has 0 saturated heterocycles. The number of benzene rings is 1. The van der Waals surface area contributed by atoms with Crippen LogP contribution in [0.4, 0.5) is 0 Å². The van der Waals surface area contributed by atoms with Crippen LogP contribution in [0.5, 0.6) is 11.5 Å².